The lowest BCUT2D eigenvalue weighted by Gasteiger charge is -2.19. The maximum atomic E-state index is 11.5. The molecule has 0 unspecified atom stereocenters. The molecule has 14 heavy (non-hydrogen) atoms. The lowest BCUT2D eigenvalue weighted by molar-refractivity contribution is -0.140. The number of carboxylic acids is 1. The zero-order valence-corrected chi connectivity index (χ0v) is 8.11. The number of aliphatic carboxylic acids is 1. The number of nitrogens with zero attached hydrogens (tertiary/aromatic N) is 1. The SMILES string of the molecule is O=C(O)CCC(=O)N1CCC=CCC1. The Labute approximate surface area is 83.2 Å². The average Bonchev–Trinajstić information content (AvgIpc) is 2.42. The van der Waals surface area contributed by atoms with Gasteiger partial charge >= 0.3 is 5.97 Å². The highest BCUT2D eigenvalue weighted by Gasteiger charge is 2.14. The van der Waals surface area contributed by atoms with Crippen LogP contribution in [0.1, 0.15) is 25.7 Å². The normalized spacial score (nSPS) is 16.4. The van der Waals surface area contributed by atoms with Crippen LogP contribution in [0.4, 0.5) is 0 Å². The molecular weight excluding hydrogens is 182 g/mol. The van der Waals surface area contributed by atoms with E-state index in [0.717, 1.165) is 25.9 Å². The van der Waals surface area contributed by atoms with Gasteiger partial charge in [-0.25, -0.2) is 0 Å². The van der Waals surface area contributed by atoms with E-state index in [4.69, 9.17) is 5.11 Å². The Balaban J connectivity index is 2.32. The molecule has 0 bridgehead atoms. The van der Waals surface area contributed by atoms with Gasteiger partial charge in [-0.05, 0) is 12.8 Å². The summed E-state index contributed by atoms with van der Waals surface area (Å²) in [5, 5.41) is 8.43. The van der Waals surface area contributed by atoms with Crippen molar-refractivity contribution in [1.82, 2.24) is 4.90 Å². The maximum Gasteiger partial charge on any atom is 0.303 e. The van der Waals surface area contributed by atoms with Crippen LogP contribution in [0.25, 0.3) is 0 Å². The highest BCUT2D eigenvalue weighted by Crippen LogP contribution is 2.05. The summed E-state index contributed by atoms with van der Waals surface area (Å²) in [6, 6.07) is 0. The lowest BCUT2D eigenvalue weighted by atomic mass is 10.2. The Kier molecular flexibility index (Phi) is 4.16. The lowest BCUT2D eigenvalue weighted by Crippen LogP contribution is -2.32. The fourth-order valence-electron chi connectivity index (χ4n) is 1.43. The zero-order chi connectivity index (χ0) is 10.4. The van der Waals surface area contributed by atoms with Crippen LogP contribution in [0.3, 0.4) is 0 Å². The van der Waals surface area contributed by atoms with Crippen LogP contribution in [-0.4, -0.2) is 35.0 Å². The van der Waals surface area contributed by atoms with Crippen LogP contribution in [-0.2, 0) is 9.59 Å². The molecule has 0 spiro atoms. The van der Waals surface area contributed by atoms with Crippen molar-refractivity contribution >= 4 is 11.9 Å². The van der Waals surface area contributed by atoms with Gasteiger partial charge < -0.3 is 10.0 Å². The first-order valence-corrected chi connectivity index (χ1v) is 4.84. The van der Waals surface area contributed by atoms with Gasteiger partial charge in [0.05, 0.1) is 6.42 Å². The van der Waals surface area contributed by atoms with Crippen LogP contribution in [0, 0.1) is 0 Å². The Hall–Kier alpha value is -1.32. The molecule has 0 aromatic carbocycles. The molecule has 0 radical (unpaired) electrons. The third-order valence-corrected chi connectivity index (χ3v) is 2.20. The van der Waals surface area contributed by atoms with Crippen molar-refractivity contribution in [2.75, 3.05) is 13.1 Å². The minimum absolute atomic E-state index is 0.0453. The van der Waals surface area contributed by atoms with E-state index in [-0.39, 0.29) is 18.7 Å². The maximum absolute atomic E-state index is 11.5. The number of carbonyl (C=O) groups excluding carboxylic acids is 1. The topological polar surface area (TPSA) is 57.6 Å². The van der Waals surface area contributed by atoms with Crippen molar-refractivity contribution < 1.29 is 14.7 Å². The quantitative estimate of drug-likeness (QED) is 0.687. The molecule has 1 aliphatic heterocycles. The van der Waals surface area contributed by atoms with Gasteiger partial charge in [-0.3, -0.25) is 9.59 Å². The molecule has 4 heteroatoms. The second-order valence-corrected chi connectivity index (χ2v) is 3.32. The van der Waals surface area contributed by atoms with Crippen molar-refractivity contribution in [3.05, 3.63) is 12.2 Å². The first kappa shape index (κ1) is 10.8. The molecule has 4 nitrogen and oxygen atoms in total. The molecule has 1 heterocycles. The molecule has 0 fully saturated rings. The molecule has 1 N–H and O–H groups in total. The number of hydrogen-bond donors (Lipinski definition) is 1. The summed E-state index contributed by atoms with van der Waals surface area (Å²) in [4.78, 5) is 23.5. The van der Waals surface area contributed by atoms with Crippen LogP contribution < -0.4 is 0 Å². The highest BCUT2D eigenvalue weighted by atomic mass is 16.4. The molecule has 0 saturated carbocycles. The van der Waals surface area contributed by atoms with E-state index in [2.05, 4.69) is 12.2 Å². The molecule has 0 aromatic rings. The fourth-order valence-corrected chi connectivity index (χ4v) is 1.43. The number of carbonyl (C=O) groups is 2. The number of carboxylic acid groups (broad SMARTS) is 1. The average molecular weight is 197 g/mol. The Bertz CT molecular complexity index is 238. The van der Waals surface area contributed by atoms with E-state index in [0.29, 0.717) is 0 Å². The van der Waals surface area contributed by atoms with Gasteiger partial charge in [0.15, 0.2) is 0 Å². The first-order valence-electron chi connectivity index (χ1n) is 4.84. The summed E-state index contributed by atoms with van der Waals surface area (Å²) in [5.41, 5.74) is 0. The molecule has 0 saturated heterocycles. The zero-order valence-electron chi connectivity index (χ0n) is 8.11. The Morgan fingerprint density at radius 2 is 1.71 bits per heavy atom. The van der Waals surface area contributed by atoms with Crippen molar-refractivity contribution in [1.29, 1.82) is 0 Å². The molecule has 0 aliphatic carbocycles. The van der Waals surface area contributed by atoms with E-state index in [9.17, 15) is 9.59 Å². The van der Waals surface area contributed by atoms with Gasteiger partial charge in [-0.15, -0.1) is 0 Å². The van der Waals surface area contributed by atoms with Crippen LogP contribution >= 0.6 is 0 Å². The van der Waals surface area contributed by atoms with Gasteiger partial charge in [-0.2, -0.15) is 0 Å². The number of rotatable bonds is 3. The minimum Gasteiger partial charge on any atom is -0.481 e. The third-order valence-electron chi connectivity index (χ3n) is 2.20. The monoisotopic (exact) mass is 197 g/mol. The second kappa shape index (κ2) is 5.42. The van der Waals surface area contributed by atoms with Crippen LogP contribution in [0.2, 0.25) is 0 Å². The summed E-state index contributed by atoms with van der Waals surface area (Å²) in [5.74, 6) is -0.956. The van der Waals surface area contributed by atoms with Gasteiger partial charge in [0.25, 0.3) is 0 Å². The smallest absolute Gasteiger partial charge is 0.303 e. The van der Waals surface area contributed by atoms with Gasteiger partial charge in [0, 0.05) is 19.5 Å². The van der Waals surface area contributed by atoms with Crippen molar-refractivity contribution in [2.24, 2.45) is 0 Å². The van der Waals surface area contributed by atoms with E-state index >= 15 is 0 Å². The molecule has 1 aliphatic rings. The molecule has 1 amide bonds. The van der Waals surface area contributed by atoms with E-state index in [1.54, 1.807) is 4.90 Å². The summed E-state index contributed by atoms with van der Waals surface area (Å²) < 4.78 is 0. The van der Waals surface area contributed by atoms with E-state index in [1.807, 2.05) is 0 Å². The van der Waals surface area contributed by atoms with E-state index < -0.39 is 5.97 Å². The van der Waals surface area contributed by atoms with Crippen LogP contribution in [0.5, 0.6) is 0 Å². The Morgan fingerprint density at radius 3 is 2.21 bits per heavy atom. The van der Waals surface area contributed by atoms with Crippen molar-refractivity contribution in [3.63, 3.8) is 0 Å². The molecule has 0 atom stereocenters. The Morgan fingerprint density at radius 1 is 1.14 bits per heavy atom. The first-order chi connectivity index (χ1) is 6.70. The van der Waals surface area contributed by atoms with Crippen molar-refractivity contribution in [3.8, 4) is 0 Å². The summed E-state index contributed by atoms with van der Waals surface area (Å²) in [6.45, 7) is 1.43. The van der Waals surface area contributed by atoms with Gasteiger partial charge in [-0.1, -0.05) is 12.2 Å². The molecule has 78 valence electrons. The van der Waals surface area contributed by atoms with Gasteiger partial charge in [0.2, 0.25) is 5.91 Å². The van der Waals surface area contributed by atoms with Crippen molar-refractivity contribution in [2.45, 2.75) is 25.7 Å². The number of hydrogen-bond acceptors (Lipinski definition) is 2. The molecule has 0 aromatic heterocycles. The van der Waals surface area contributed by atoms with Crippen LogP contribution in [0.15, 0.2) is 12.2 Å². The summed E-state index contributed by atoms with van der Waals surface area (Å²) in [7, 11) is 0. The largest absolute Gasteiger partial charge is 0.481 e. The predicted octanol–water partition coefficient (Wildman–Crippen LogP) is 1.03. The summed E-state index contributed by atoms with van der Waals surface area (Å²) >= 11 is 0. The molecular formula is C10H15NO3. The fraction of sp³-hybridized carbons (Fsp3) is 0.600. The van der Waals surface area contributed by atoms with Gasteiger partial charge in [0.1, 0.15) is 0 Å². The number of amides is 1. The standard InChI is InChI=1S/C10H15NO3/c12-9(5-6-10(13)14)11-7-3-1-2-4-8-11/h1-2H,3-8H2,(H,13,14). The second-order valence-electron chi connectivity index (χ2n) is 3.32. The third kappa shape index (κ3) is 3.60. The van der Waals surface area contributed by atoms with E-state index in [1.165, 1.54) is 0 Å². The minimum atomic E-state index is -0.911. The summed E-state index contributed by atoms with van der Waals surface area (Å²) in [6.07, 6.45) is 5.92. The molecule has 1 rings (SSSR count). The highest BCUT2D eigenvalue weighted by molar-refractivity contribution is 5.80. The predicted molar refractivity (Wildman–Crippen MR) is 51.8 cm³/mol.